The lowest BCUT2D eigenvalue weighted by Gasteiger charge is -2.09. The van der Waals surface area contributed by atoms with Crippen LogP contribution in [0.2, 0.25) is 0 Å². The van der Waals surface area contributed by atoms with Crippen LogP contribution >= 0.6 is 22.6 Å². The van der Waals surface area contributed by atoms with Crippen molar-refractivity contribution in [2.75, 3.05) is 12.4 Å². The van der Waals surface area contributed by atoms with E-state index in [2.05, 4.69) is 20.0 Å². The van der Waals surface area contributed by atoms with E-state index in [1.807, 2.05) is 52.9 Å². The van der Waals surface area contributed by atoms with Crippen molar-refractivity contribution in [3.05, 3.63) is 51.5 Å². The Labute approximate surface area is 140 Å². The van der Waals surface area contributed by atoms with Crippen molar-refractivity contribution in [2.24, 2.45) is 0 Å². The number of hydrogen-bond acceptors (Lipinski definition) is 6. The van der Waals surface area contributed by atoms with Gasteiger partial charge in [-0.2, -0.15) is 0 Å². The smallest absolute Gasteiger partial charge is 0.413 e. The van der Waals surface area contributed by atoms with Crippen molar-refractivity contribution in [1.82, 2.24) is 9.97 Å². The molecule has 0 saturated heterocycles. The first-order valence-corrected chi connectivity index (χ1v) is 7.26. The summed E-state index contributed by atoms with van der Waals surface area (Å²) >= 11 is 1.90. The molecule has 0 atom stereocenters. The van der Waals surface area contributed by atoms with E-state index < -0.39 is 12.1 Å². The first kappa shape index (κ1) is 16.1. The Morgan fingerprint density at radius 1 is 1.27 bits per heavy atom. The molecule has 1 heterocycles. The second-order valence-electron chi connectivity index (χ2n) is 4.07. The maximum atomic E-state index is 11.8. The SMILES string of the molecule is COC(=O)c1nc(I)cnc1NC(=O)OCc1ccccc1. The van der Waals surface area contributed by atoms with Crippen molar-refractivity contribution < 1.29 is 19.1 Å². The first-order valence-electron chi connectivity index (χ1n) is 6.18. The highest BCUT2D eigenvalue weighted by atomic mass is 127. The van der Waals surface area contributed by atoms with Crippen molar-refractivity contribution in [2.45, 2.75) is 6.61 Å². The number of nitrogens with zero attached hydrogens (tertiary/aromatic N) is 2. The number of carbonyl (C=O) groups excluding carboxylic acids is 2. The van der Waals surface area contributed by atoms with Crippen molar-refractivity contribution in [3.63, 3.8) is 0 Å². The molecule has 1 aromatic heterocycles. The average molecular weight is 413 g/mol. The fourth-order valence-electron chi connectivity index (χ4n) is 1.55. The number of halogens is 1. The van der Waals surface area contributed by atoms with Gasteiger partial charge in [-0.15, -0.1) is 0 Å². The fourth-order valence-corrected chi connectivity index (χ4v) is 1.93. The topological polar surface area (TPSA) is 90.4 Å². The number of hydrogen-bond donors (Lipinski definition) is 1. The zero-order chi connectivity index (χ0) is 15.9. The number of rotatable bonds is 4. The molecule has 0 saturated carbocycles. The van der Waals surface area contributed by atoms with Gasteiger partial charge in [0.05, 0.1) is 13.3 Å². The highest BCUT2D eigenvalue weighted by Gasteiger charge is 2.18. The first-order chi connectivity index (χ1) is 10.6. The molecule has 0 bridgehead atoms. The van der Waals surface area contributed by atoms with E-state index in [0.717, 1.165) is 5.56 Å². The molecule has 0 aliphatic heterocycles. The zero-order valence-corrected chi connectivity index (χ0v) is 13.7. The van der Waals surface area contributed by atoms with Gasteiger partial charge in [0.15, 0.2) is 11.5 Å². The normalized spacial score (nSPS) is 9.91. The molecular formula is C14H12IN3O4. The van der Waals surface area contributed by atoms with Gasteiger partial charge in [-0.3, -0.25) is 5.32 Å². The molecule has 1 aromatic carbocycles. The molecule has 8 heteroatoms. The van der Waals surface area contributed by atoms with Crippen LogP contribution in [0.25, 0.3) is 0 Å². The Kier molecular flexibility index (Phi) is 5.64. The highest BCUT2D eigenvalue weighted by Crippen LogP contribution is 2.13. The highest BCUT2D eigenvalue weighted by molar-refractivity contribution is 14.1. The zero-order valence-electron chi connectivity index (χ0n) is 11.6. The largest absolute Gasteiger partial charge is 0.464 e. The summed E-state index contributed by atoms with van der Waals surface area (Å²) in [6.45, 7) is 0.109. The molecule has 1 N–H and O–H groups in total. The number of carbonyl (C=O) groups is 2. The maximum absolute atomic E-state index is 11.8. The van der Waals surface area contributed by atoms with E-state index in [0.29, 0.717) is 3.70 Å². The van der Waals surface area contributed by atoms with Gasteiger partial charge in [-0.1, -0.05) is 30.3 Å². The van der Waals surface area contributed by atoms with Gasteiger partial charge >= 0.3 is 12.1 Å². The Morgan fingerprint density at radius 2 is 2.00 bits per heavy atom. The van der Waals surface area contributed by atoms with Gasteiger partial charge in [0.1, 0.15) is 10.3 Å². The fraction of sp³-hybridized carbons (Fsp3) is 0.143. The van der Waals surface area contributed by atoms with Crippen LogP contribution in [0.1, 0.15) is 16.1 Å². The Hall–Kier alpha value is -2.23. The van der Waals surface area contributed by atoms with Crippen molar-refractivity contribution in [1.29, 1.82) is 0 Å². The van der Waals surface area contributed by atoms with Gasteiger partial charge in [-0.05, 0) is 28.2 Å². The van der Waals surface area contributed by atoms with Gasteiger partial charge < -0.3 is 9.47 Å². The molecule has 0 spiro atoms. The number of benzene rings is 1. The molecule has 7 nitrogen and oxygen atoms in total. The lowest BCUT2D eigenvalue weighted by molar-refractivity contribution is 0.0594. The maximum Gasteiger partial charge on any atom is 0.413 e. The summed E-state index contributed by atoms with van der Waals surface area (Å²) in [5.41, 5.74) is 0.769. The van der Waals surface area contributed by atoms with E-state index >= 15 is 0 Å². The summed E-state index contributed by atoms with van der Waals surface area (Å²) in [5, 5.41) is 2.38. The minimum Gasteiger partial charge on any atom is -0.464 e. The molecule has 22 heavy (non-hydrogen) atoms. The summed E-state index contributed by atoms with van der Waals surface area (Å²) in [4.78, 5) is 31.4. The van der Waals surface area contributed by atoms with E-state index in [4.69, 9.17) is 4.74 Å². The van der Waals surface area contributed by atoms with Crippen molar-refractivity contribution >= 4 is 40.5 Å². The van der Waals surface area contributed by atoms with Crippen LogP contribution in [0.3, 0.4) is 0 Å². The number of amides is 1. The summed E-state index contributed by atoms with van der Waals surface area (Å²) < 4.78 is 10.2. The summed E-state index contributed by atoms with van der Waals surface area (Å²) in [7, 11) is 1.22. The minimum absolute atomic E-state index is 0.00896. The molecule has 0 aliphatic rings. The van der Waals surface area contributed by atoms with Crippen LogP contribution in [0, 0.1) is 3.70 Å². The molecule has 114 valence electrons. The number of nitrogens with one attached hydrogen (secondary N) is 1. The Bertz CT molecular complexity index is 679. The summed E-state index contributed by atoms with van der Waals surface area (Å²) in [6.07, 6.45) is 0.685. The van der Waals surface area contributed by atoms with E-state index in [1.165, 1.54) is 13.3 Å². The quantitative estimate of drug-likeness (QED) is 0.613. The third kappa shape index (κ3) is 4.38. The Balaban J connectivity index is 2.03. The molecule has 1 amide bonds. The van der Waals surface area contributed by atoms with Crippen LogP contribution in [-0.4, -0.2) is 29.1 Å². The van der Waals surface area contributed by atoms with Gasteiger partial charge in [0.2, 0.25) is 0 Å². The van der Waals surface area contributed by atoms with Gasteiger partial charge in [0.25, 0.3) is 0 Å². The molecule has 0 unspecified atom stereocenters. The van der Waals surface area contributed by atoms with E-state index in [1.54, 1.807) is 0 Å². The Morgan fingerprint density at radius 3 is 2.68 bits per heavy atom. The van der Waals surface area contributed by atoms with Crippen LogP contribution in [0.5, 0.6) is 0 Å². The molecule has 0 fully saturated rings. The van der Waals surface area contributed by atoms with Crippen LogP contribution < -0.4 is 5.32 Å². The predicted molar refractivity (Wildman–Crippen MR) is 86.3 cm³/mol. The number of aromatic nitrogens is 2. The van der Waals surface area contributed by atoms with Gasteiger partial charge in [0, 0.05) is 0 Å². The number of ether oxygens (including phenoxy) is 2. The second-order valence-corrected chi connectivity index (χ2v) is 5.17. The average Bonchev–Trinajstić information content (AvgIpc) is 2.55. The number of methoxy groups -OCH3 is 1. The molecule has 2 aromatic rings. The third-order valence-corrected chi connectivity index (χ3v) is 3.07. The van der Waals surface area contributed by atoms with Crippen LogP contribution in [-0.2, 0) is 16.1 Å². The van der Waals surface area contributed by atoms with Gasteiger partial charge in [-0.25, -0.2) is 19.6 Å². The lowest BCUT2D eigenvalue weighted by atomic mass is 10.2. The molecular weight excluding hydrogens is 401 g/mol. The standard InChI is InChI=1S/C14H12IN3O4/c1-21-13(19)11-12(16-7-10(15)17-11)18-14(20)22-8-9-5-3-2-4-6-9/h2-7H,8H2,1H3,(H,16,18,20). The van der Waals surface area contributed by atoms with E-state index in [-0.39, 0.29) is 18.1 Å². The van der Waals surface area contributed by atoms with E-state index in [9.17, 15) is 9.59 Å². The molecule has 0 aliphatic carbocycles. The monoisotopic (exact) mass is 413 g/mol. The van der Waals surface area contributed by atoms with Crippen LogP contribution in [0.15, 0.2) is 36.5 Å². The molecule has 0 radical (unpaired) electrons. The summed E-state index contributed by atoms with van der Waals surface area (Å²) in [6, 6.07) is 9.22. The van der Waals surface area contributed by atoms with Crippen LogP contribution in [0.4, 0.5) is 10.6 Å². The minimum atomic E-state index is -0.732. The number of esters is 1. The van der Waals surface area contributed by atoms with Crippen molar-refractivity contribution in [3.8, 4) is 0 Å². The second kappa shape index (κ2) is 7.69. The predicted octanol–water partition coefficient (Wildman–Crippen LogP) is 2.62. The third-order valence-electron chi connectivity index (χ3n) is 2.56. The lowest BCUT2D eigenvalue weighted by Crippen LogP contribution is -2.19. The number of anilines is 1. The summed E-state index contributed by atoms with van der Waals surface area (Å²) in [5.74, 6) is -0.699. The molecule has 2 rings (SSSR count).